The predicted molar refractivity (Wildman–Crippen MR) is 139 cm³/mol. The van der Waals surface area contributed by atoms with Crippen LogP contribution in [-0.2, 0) is 32.7 Å². The number of rotatable bonds is 10. The topological polar surface area (TPSA) is 172 Å². The third-order valence-electron chi connectivity index (χ3n) is 5.12. The quantitative estimate of drug-likeness (QED) is 0.136. The van der Waals surface area contributed by atoms with E-state index >= 15 is 0 Å². The van der Waals surface area contributed by atoms with Gasteiger partial charge in [-0.15, -0.1) is 22.0 Å². The molecule has 2 aliphatic rings. The smallest absolute Gasteiger partial charge is 0.355 e. The first-order valence-corrected chi connectivity index (χ1v) is 15.3. The Hall–Kier alpha value is -1.48. The third kappa shape index (κ3) is 6.75. The molecule has 2 unspecified atom stereocenters. The molecule has 0 aromatic carbocycles. The number of β-lactam (4-membered cyclic amide) rings is 1. The molecule has 3 rings (SSSR count). The number of H-pyrrole nitrogens is 1. The fourth-order valence-electron chi connectivity index (χ4n) is 3.81. The Balaban J connectivity index is 2.13. The van der Waals surface area contributed by atoms with E-state index in [2.05, 4.69) is 20.6 Å². The zero-order chi connectivity index (χ0) is 27.8. The average molecular weight is 579 g/mol. The highest BCUT2D eigenvalue weighted by atomic mass is 32.2. The molecule has 16 heteroatoms. The summed E-state index contributed by atoms with van der Waals surface area (Å²) in [6, 6.07) is 0. The summed E-state index contributed by atoms with van der Waals surface area (Å²) in [4.78, 5) is 28.0. The van der Waals surface area contributed by atoms with Gasteiger partial charge in [0.05, 0.1) is 18.4 Å². The van der Waals surface area contributed by atoms with Crippen molar-refractivity contribution in [3.05, 3.63) is 11.3 Å². The lowest BCUT2D eigenvalue weighted by atomic mass is 9.98. The molecule has 0 aliphatic carbocycles. The number of tetrazole rings is 1. The molecule has 1 amide bonds. The van der Waals surface area contributed by atoms with E-state index in [1.807, 2.05) is 0 Å². The lowest BCUT2D eigenvalue weighted by Gasteiger charge is -2.54. The lowest BCUT2D eigenvalue weighted by Crippen LogP contribution is -2.79. The first kappa shape index (κ1) is 30.1. The number of fused-ring (bicyclic) bond motifs is 1. The number of hydrogen-bond donors (Lipinski definition) is 2. The van der Waals surface area contributed by atoms with Gasteiger partial charge in [0.25, 0.3) is 5.91 Å². The van der Waals surface area contributed by atoms with Gasteiger partial charge in [-0.3, -0.25) is 20.0 Å². The molecule has 0 bridgehead atoms. The molecule has 1 fully saturated rings. The molecule has 3 N–H and O–H groups in total. The van der Waals surface area contributed by atoms with Crippen LogP contribution in [0.25, 0.3) is 0 Å². The number of esters is 1. The van der Waals surface area contributed by atoms with Gasteiger partial charge in [0.15, 0.2) is 0 Å². The second-order valence-electron chi connectivity index (χ2n) is 10.4. The molecular formula is C21H35N6O7PS2. The van der Waals surface area contributed by atoms with Crippen molar-refractivity contribution in [2.45, 2.75) is 81.2 Å². The fourth-order valence-corrected chi connectivity index (χ4v) is 9.09. The number of amides is 1. The van der Waals surface area contributed by atoms with Crippen molar-refractivity contribution in [1.29, 1.82) is 0 Å². The van der Waals surface area contributed by atoms with Crippen LogP contribution in [0.2, 0.25) is 0 Å². The second-order valence-corrected chi connectivity index (χ2v) is 14.7. The van der Waals surface area contributed by atoms with Crippen LogP contribution in [0.5, 0.6) is 0 Å². The number of nitrogens with two attached hydrogens (primary N) is 1. The number of ether oxygens (including phenoxy) is 2. The maximum absolute atomic E-state index is 13.9. The van der Waals surface area contributed by atoms with Gasteiger partial charge in [0.1, 0.15) is 16.7 Å². The molecule has 0 saturated carbocycles. The molecule has 4 atom stereocenters. The van der Waals surface area contributed by atoms with Crippen LogP contribution in [0.4, 0.5) is 0 Å². The summed E-state index contributed by atoms with van der Waals surface area (Å²) >= 11 is 2.46. The minimum absolute atomic E-state index is 0.0293. The van der Waals surface area contributed by atoms with E-state index in [9.17, 15) is 14.2 Å². The highest BCUT2D eigenvalue weighted by molar-refractivity contribution is 8.01. The van der Waals surface area contributed by atoms with Crippen molar-refractivity contribution in [3.8, 4) is 0 Å². The van der Waals surface area contributed by atoms with E-state index < -0.39 is 47.0 Å². The Labute approximate surface area is 224 Å². The molecule has 0 spiro atoms. The van der Waals surface area contributed by atoms with Crippen LogP contribution in [-0.4, -0.2) is 90.6 Å². The van der Waals surface area contributed by atoms with E-state index in [1.54, 1.807) is 48.5 Å². The number of nitrogens with one attached hydrogen (secondary N) is 1. The van der Waals surface area contributed by atoms with Crippen LogP contribution in [0, 0.1) is 0 Å². The van der Waals surface area contributed by atoms with Crippen LogP contribution in [0.1, 0.15) is 48.5 Å². The third-order valence-corrected chi connectivity index (χ3v) is 10.1. The highest BCUT2D eigenvalue weighted by Gasteiger charge is 2.64. The van der Waals surface area contributed by atoms with Crippen molar-refractivity contribution in [2.24, 2.45) is 5.73 Å². The summed E-state index contributed by atoms with van der Waals surface area (Å²) in [6.07, 6.45) is -0.121. The summed E-state index contributed by atoms with van der Waals surface area (Å²) in [6.45, 7) is 12.4. The maximum atomic E-state index is 13.9. The normalized spacial score (nSPS) is 24.8. The number of thioether (sulfide) groups is 2. The summed E-state index contributed by atoms with van der Waals surface area (Å²) in [5.74, 6) is -1.02. The number of aromatic nitrogens is 4. The summed E-state index contributed by atoms with van der Waals surface area (Å²) in [7, 11) is -2.35. The highest BCUT2D eigenvalue weighted by Crippen LogP contribution is 2.56. The fraction of sp³-hybridized carbons (Fsp3) is 0.762. The Bertz CT molecular complexity index is 1090. The SMILES string of the molecule is CCOP(=O)(CC(Sc1nn[nH]n1)C1=C(C(=O)OC(C)(C)C)N2C(=O)[C@](N)(OC)[C@@H]2SC1)OC(C)(C)C. The molecule has 2 aliphatic heterocycles. The Morgan fingerprint density at radius 3 is 2.51 bits per heavy atom. The molecular weight excluding hydrogens is 543 g/mol. The Morgan fingerprint density at radius 2 is 2.00 bits per heavy atom. The Kier molecular flexibility index (Phi) is 8.90. The first-order chi connectivity index (χ1) is 17.0. The molecule has 37 heavy (non-hydrogen) atoms. The number of carbonyl (C=O) groups is 2. The zero-order valence-corrected chi connectivity index (χ0v) is 24.8. The molecule has 13 nitrogen and oxygen atoms in total. The van der Waals surface area contributed by atoms with E-state index in [0.29, 0.717) is 5.57 Å². The van der Waals surface area contributed by atoms with Gasteiger partial charge < -0.3 is 18.5 Å². The van der Waals surface area contributed by atoms with Crippen molar-refractivity contribution in [1.82, 2.24) is 25.5 Å². The van der Waals surface area contributed by atoms with Crippen LogP contribution < -0.4 is 5.73 Å². The predicted octanol–water partition coefficient (Wildman–Crippen LogP) is 2.52. The van der Waals surface area contributed by atoms with Crippen molar-refractivity contribution in [3.63, 3.8) is 0 Å². The van der Waals surface area contributed by atoms with Gasteiger partial charge in [-0.1, -0.05) is 11.8 Å². The minimum atomic E-state index is -3.70. The number of aromatic amines is 1. The van der Waals surface area contributed by atoms with Crippen LogP contribution in [0.15, 0.2) is 16.4 Å². The van der Waals surface area contributed by atoms with Crippen molar-refractivity contribution in [2.75, 3.05) is 25.6 Å². The van der Waals surface area contributed by atoms with E-state index in [0.717, 1.165) is 11.8 Å². The van der Waals surface area contributed by atoms with Crippen LogP contribution >= 0.6 is 31.1 Å². The molecule has 3 heterocycles. The van der Waals surface area contributed by atoms with E-state index in [4.69, 9.17) is 24.3 Å². The summed E-state index contributed by atoms with van der Waals surface area (Å²) in [5, 5.41) is 12.9. The number of methoxy groups -OCH3 is 1. The standard InChI is InChI=1S/C21H35N6O7PS2/c1-9-32-35(30,34-20(5,6)7)10-13(37-18-23-25-26-24-18)12-11-36-17-21(22,31-8)16(29)27(17)14(12)15(28)33-19(2,3)4/h13,17H,9-11,22H2,1-8H3,(H,23,24,25,26)/t13?,17-,21-,35?/m0/s1. The lowest BCUT2D eigenvalue weighted by molar-refractivity contribution is -0.184. The van der Waals surface area contributed by atoms with Crippen LogP contribution in [0.3, 0.4) is 0 Å². The average Bonchev–Trinajstić information content (AvgIpc) is 3.27. The summed E-state index contributed by atoms with van der Waals surface area (Å²) in [5.41, 5.74) is 3.54. The van der Waals surface area contributed by atoms with E-state index in [-0.39, 0.29) is 29.4 Å². The zero-order valence-electron chi connectivity index (χ0n) is 22.3. The molecule has 0 radical (unpaired) electrons. The molecule has 1 saturated heterocycles. The maximum Gasteiger partial charge on any atom is 0.355 e. The first-order valence-electron chi connectivity index (χ1n) is 11.6. The summed E-state index contributed by atoms with van der Waals surface area (Å²) < 4.78 is 36.4. The van der Waals surface area contributed by atoms with Crippen molar-refractivity contribution >= 4 is 43.0 Å². The molecule has 1 aromatic heterocycles. The van der Waals surface area contributed by atoms with Gasteiger partial charge in [0, 0.05) is 18.1 Å². The molecule has 1 aromatic rings. The van der Waals surface area contributed by atoms with Gasteiger partial charge in [-0.25, -0.2) is 4.79 Å². The Morgan fingerprint density at radius 1 is 1.32 bits per heavy atom. The number of hydrogen-bond acceptors (Lipinski definition) is 13. The molecule has 208 valence electrons. The monoisotopic (exact) mass is 578 g/mol. The van der Waals surface area contributed by atoms with Gasteiger partial charge >= 0.3 is 13.6 Å². The minimum Gasteiger partial charge on any atom is -0.455 e. The van der Waals surface area contributed by atoms with E-state index in [1.165, 1.54) is 23.8 Å². The number of carbonyl (C=O) groups excluding carboxylic acids is 2. The van der Waals surface area contributed by atoms with Gasteiger partial charge in [-0.2, -0.15) is 5.21 Å². The van der Waals surface area contributed by atoms with Gasteiger partial charge in [-0.05, 0) is 59.3 Å². The van der Waals surface area contributed by atoms with Gasteiger partial charge in [0.2, 0.25) is 10.9 Å². The largest absolute Gasteiger partial charge is 0.455 e. The number of nitrogens with zero attached hydrogens (tertiary/aromatic N) is 4. The second kappa shape index (κ2) is 10.9. The van der Waals surface area contributed by atoms with Crippen molar-refractivity contribution < 1.29 is 32.7 Å².